The molecule has 0 aliphatic heterocycles. The molecule has 0 aromatic heterocycles. The van der Waals surface area contributed by atoms with Crippen LogP contribution in [0.3, 0.4) is 0 Å². The predicted molar refractivity (Wildman–Crippen MR) is 125 cm³/mol. The number of carbonyl (C=O) groups is 2. The first kappa shape index (κ1) is 23.9. The van der Waals surface area contributed by atoms with Gasteiger partial charge in [-0.15, -0.1) is 0 Å². The molecule has 162 valence electrons. The van der Waals surface area contributed by atoms with Crippen LogP contribution in [0.4, 0.5) is 0 Å². The summed E-state index contributed by atoms with van der Waals surface area (Å²) in [5, 5.41) is 0. The fourth-order valence-corrected chi connectivity index (χ4v) is 4.32. The van der Waals surface area contributed by atoms with Gasteiger partial charge in [-0.25, -0.2) is 0 Å². The summed E-state index contributed by atoms with van der Waals surface area (Å²) < 4.78 is 0. The molecule has 0 N–H and O–H groups in total. The fourth-order valence-electron chi connectivity index (χ4n) is 4.32. The standard InChI is InChI=1S/C25H31NO2.C2H6/c1-17(2)24(19(4)27)26(16-18(3)20-11-7-5-8-12-20)25(28)23-15-22(23)21-13-9-6-10-14-21;1-2/h5-14,17-18,22-24H,15-16H2,1-4H3;1-2H3/t18-,22?,23?,24+;/m1./s1. The molecule has 1 aliphatic rings. The van der Waals surface area contributed by atoms with Crippen LogP contribution in [0, 0.1) is 11.8 Å². The third kappa shape index (κ3) is 5.81. The van der Waals surface area contributed by atoms with E-state index in [0.29, 0.717) is 6.54 Å². The number of ketones is 1. The van der Waals surface area contributed by atoms with E-state index in [-0.39, 0.29) is 41.4 Å². The molecule has 3 rings (SSSR count). The number of Topliss-reactive ketones (excluding diaryl/α,β-unsaturated/α-hetero) is 1. The quantitative estimate of drug-likeness (QED) is 0.533. The number of benzene rings is 2. The Morgan fingerprint density at radius 3 is 1.97 bits per heavy atom. The molecule has 3 nitrogen and oxygen atoms in total. The lowest BCUT2D eigenvalue weighted by Gasteiger charge is -2.35. The van der Waals surface area contributed by atoms with Gasteiger partial charge in [-0.2, -0.15) is 0 Å². The maximum Gasteiger partial charge on any atom is 0.226 e. The van der Waals surface area contributed by atoms with Crippen molar-refractivity contribution in [1.82, 2.24) is 4.90 Å². The monoisotopic (exact) mass is 407 g/mol. The van der Waals surface area contributed by atoms with Gasteiger partial charge >= 0.3 is 0 Å². The Morgan fingerprint density at radius 1 is 0.933 bits per heavy atom. The van der Waals surface area contributed by atoms with Crippen LogP contribution in [0.5, 0.6) is 0 Å². The molecule has 2 unspecified atom stereocenters. The Bertz CT molecular complexity index is 800. The lowest BCUT2D eigenvalue weighted by atomic mass is 9.94. The predicted octanol–water partition coefficient (Wildman–Crippen LogP) is 6.06. The van der Waals surface area contributed by atoms with E-state index in [0.717, 1.165) is 6.42 Å². The van der Waals surface area contributed by atoms with E-state index in [1.807, 2.05) is 69.0 Å². The number of nitrogens with zero attached hydrogens (tertiary/aromatic N) is 1. The Morgan fingerprint density at radius 2 is 1.47 bits per heavy atom. The fraction of sp³-hybridized carbons (Fsp3) is 0.481. The smallest absolute Gasteiger partial charge is 0.226 e. The average Bonchev–Trinajstić information content (AvgIpc) is 3.56. The van der Waals surface area contributed by atoms with Crippen LogP contribution < -0.4 is 0 Å². The lowest BCUT2D eigenvalue weighted by molar-refractivity contribution is -0.142. The zero-order chi connectivity index (χ0) is 22.3. The molecular formula is C27H37NO2. The summed E-state index contributed by atoms with van der Waals surface area (Å²) in [6.07, 6.45) is 0.877. The van der Waals surface area contributed by atoms with E-state index in [4.69, 9.17) is 0 Å². The second-order valence-corrected chi connectivity index (χ2v) is 8.46. The van der Waals surface area contributed by atoms with Gasteiger partial charge in [0, 0.05) is 12.5 Å². The van der Waals surface area contributed by atoms with Crippen molar-refractivity contribution in [2.75, 3.05) is 6.54 Å². The number of amides is 1. The Hall–Kier alpha value is -2.42. The molecular weight excluding hydrogens is 370 g/mol. The van der Waals surface area contributed by atoms with Gasteiger partial charge in [0.25, 0.3) is 0 Å². The largest absolute Gasteiger partial charge is 0.332 e. The summed E-state index contributed by atoms with van der Waals surface area (Å²) in [4.78, 5) is 27.8. The minimum Gasteiger partial charge on any atom is -0.332 e. The van der Waals surface area contributed by atoms with E-state index < -0.39 is 0 Å². The summed E-state index contributed by atoms with van der Waals surface area (Å²) in [7, 11) is 0. The van der Waals surface area contributed by atoms with Gasteiger partial charge in [0.15, 0.2) is 5.78 Å². The van der Waals surface area contributed by atoms with E-state index in [2.05, 4.69) is 31.2 Å². The molecule has 1 saturated carbocycles. The van der Waals surface area contributed by atoms with Crippen LogP contribution in [-0.4, -0.2) is 29.2 Å². The van der Waals surface area contributed by atoms with E-state index in [1.165, 1.54) is 11.1 Å². The minimum absolute atomic E-state index is 0.00836. The van der Waals surface area contributed by atoms with Gasteiger partial charge < -0.3 is 4.90 Å². The van der Waals surface area contributed by atoms with Gasteiger partial charge in [-0.1, -0.05) is 95.3 Å². The first-order valence-electron chi connectivity index (χ1n) is 11.3. The summed E-state index contributed by atoms with van der Waals surface area (Å²) >= 11 is 0. The molecule has 30 heavy (non-hydrogen) atoms. The van der Waals surface area contributed by atoms with E-state index >= 15 is 0 Å². The van der Waals surface area contributed by atoms with Crippen LogP contribution >= 0.6 is 0 Å². The molecule has 1 fully saturated rings. The third-order valence-electron chi connectivity index (χ3n) is 5.84. The van der Waals surface area contributed by atoms with Crippen molar-refractivity contribution in [3.8, 4) is 0 Å². The van der Waals surface area contributed by atoms with Crippen LogP contribution in [0.15, 0.2) is 60.7 Å². The molecule has 0 heterocycles. The second kappa shape index (κ2) is 11.1. The van der Waals surface area contributed by atoms with Crippen molar-refractivity contribution < 1.29 is 9.59 Å². The maximum atomic E-state index is 13.5. The highest BCUT2D eigenvalue weighted by Gasteiger charge is 2.47. The Balaban J connectivity index is 0.00000155. The van der Waals surface area contributed by atoms with Crippen molar-refractivity contribution in [1.29, 1.82) is 0 Å². The highest BCUT2D eigenvalue weighted by molar-refractivity contribution is 5.90. The topological polar surface area (TPSA) is 37.4 Å². The highest BCUT2D eigenvalue weighted by Crippen LogP contribution is 2.49. The number of hydrogen-bond acceptors (Lipinski definition) is 2. The summed E-state index contributed by atoms with van der Waals surface area (Å²) in [6.45, 7) is 12.4. The van der Waals surface area contributed by atoms with Gasteiger partial charge in [0.1, 0.15) is 0 Å². The molecule has 2 aromatic rings. The molecule has 4 atom stereocenters. The zero-order valence-corrected chi connectivity index (χ0v) is 19.3. The number of carbonyl (C=O) groups excluding carboxylic acids is 2. The highest BCUT2D eigenvalue weighted by atomic mass is 16.2. The van der Waals surface area contributed by atoms with Crippen LogP contribution in [0.1, 0.15) is 70.9 Å². The van der Waals surface area contributed by atoms with Crippen molar-refractivity contribution in [3.05, 3.63) is 71.8 Å². The summed E-state index contributed by atoms with van der Waals surface area (Å²) in [6, 6.07) is 20.1. The van der Waals surface area contributed by atoms with Crippen molar-refractivity contribution >= 4 is 11.7 Å². The molecule has 0 spiro atoms. The first-order valence-corrected chi connectivity index (χ1v) is 11.3. The van der Waals surface area contributed by atoms with Gasteiger partial charge in [-0.3, -0.25) is 9.59 Å². The zero-order valence-electron chi connectivity index (χ0n) is 19.3. The molecule has 1 amide bonds. The molecule has 2 aromatic carbocycles. The van der Waals surface area contributed by atoms with Gasteiger partial charge in [0.2, 0.25) is 5.91 Å². The number of rotatable bonds is 8. The average molecular weight is 408 g/mol. The van der Waals surface area contributed by atoms with Crippen molar-refractivity contribution in [2.24, 2.45) is 11.8 Å². The van der Waals surface area contributed by atoms with E-state index in [9.17, 15) is 9.59 Å². The maximum absolute atomic E-state index is 13.5. The molecule has 1 aliphatic carbocycles. The van der Waals surface area contributed by atoms with E-state index in [1.54, 1.807) is 6.92 Å². The number of hydrogen-bond donors (Lipinski definition) is 0. The van der Waals surface area contributed by atoms with Crippen LogP contribution in [-0.2, 0) is 9.59 Å². The van der Waals surface area contributed by atoms with Crippen molar-refractivity contribution in [2.45, 2.75) is 65.8 Å². The minimum atomic E-state index is -0.365. The normalized spacial score (nSPS) is 19.3. The van der Waals surface area contributed by atoms with Gasteiger partial charge in [0.05, 0.1) is 6.04 Å². The Kier molecular flexibility index (Phi) is 8.83. The summed E-state index contributed by atoms with van der Waals surface area (Å²) in [5.74, 6) is 0.748. The van der Waals surface area contributed by atoms with Gasteiger partial charge in [-0.05, 0) is 42.2 Å². The van der Waals surface area contributed by atoms with Crippen LogP contribution in [0.25, 0.3) is 0 Å². The third-order valence-corrected chi connectivity index (χ3v) is 5.84. The molecule has 0 radical (unpaired) electrons. The van der Waals surface area contributed by atoms with Crippen LogP contribution in [0.2, 0.25) is 0 Å². The Labute approximate surface area is 182 Å². The molecule has 3 heteroatoms. The summed E-state index contributed by atoms with van der Waals surface area (Å²) in [5.41, 5.74) is 2.42. The lowest BCUT2D eigenvalue weighted by Crippen LogP contribution is -2.49. The molecule has 0 bridgehead atoms. The second-order valence-electron chi connectivity index (χ2n) is 8.46. The first-order chi connectivity index (χ1) is 14.4. The molecule has 0 saturated heterocycles. The SMILES string of the molecule is CC.CC(=O)[C@H](C(C)C)N(C[C@@H](C)c1ccccc1)C(=O)C1CC1c1ccccc1. The van der Waals surface area contributed by atoms with Crippen molar-refractivity contribution in [3.63, 3.8) is 0 Å².